The first-order valence-electron chi connectivity index (χ1n) is 11.3. The van der Waals surface area contributed by atoms with Gasteiger partial charge in [0, 0.05) is 18.5 Å². The van der Waals surface area contributed by atoms with E-state index in [9.17, 15) is 9.59 Å². The van der Waals surface area contributed by atoms with Crippen LogP contribution in [-0.4, -0.2) is 21.5 Å². The van der Waals surface area contributed by atoms with Crippen LogP contribution in [0.5, 0.6) is 0 Å². The molecule has 0 bridgehead atoms. The molecule has 1 heterocycles. The van der Waals surface area contributed by atoms with E-state index in [0.29, 0.717) is 36.3 Å². The first kappa shape index (κ1) is 22.5. The molecule has 0 aliphatic heterocycles. The molecule has 0 saturated heterocycles. The summed E-state index contributed by atoms with van der Waals surface area (Å²) in [4.78, 5) is 25.6. The third-order valence-electron chi connectivity index (χ3n) is 6.02. The number of ketones is 1. The van der Waals surface area contributed by atoms with Gasteiger partial charge in [0.1, 0.15) is 0 Å². The van der Waals surface area contributed by atoms with Gasteiger partial charge in [-0.05, 0) is 48.4 Å². The van der Waals surface area contributed by atoms with Gasteiger partial charge in [0.25, 0.3) is 5.91 Å². The summed E-state index contributed by atoms with van der Waals surface area (Å²) >= 11 is 0. The fourth-order valence-corrected chi connectivity index (χ4v) is 4.41. The lowest BCUT2D eigenvalue weighted by Gasteiger charge is -2.29. The van der Waals surface area contributed by atoms with E-state index in [-0.39, 0.29) is 17.1 Å². The molecule has 4 rings (SSSR count). The summed E-state index contributed by atoms with van der Waals surface area (Å²) in [5.74, 6) is -0.0652. The zero-order chi connectivity index (χ0) is 23.6. The predicted molar refractivity (Wildman–Crippen MR) is 131 cm³/mol. The number of aromatic nitrogens is 2. The molecule has 33 heavy (non-hydrogen) atoms. The minimum Gasteiger partial charge on any atom is -0.397 e. The van der Waals surface area contributed by atoms with Crippen LogP contribution < -0.4 is 11.1 Å². The third-order valence-corrected chi connectivity index (χ3v) is 6.02. The Balaban J connectivity index is 1.64. The van der Waals surface area contributed by atoms with E-state index in [1.807, 2.05) is 42.5 Å². The Morgan fingerprint density at radius 1 is 1.21 bits per heavy atom. The Morgan fingerprint density at radius 2 is 1.97 bits per heavy atom. The Labute approximate surface area is 194 Å². The van der Waals surface area contributed by atoms with Crippen LogP contribution in [0.1, 0.15) is 64.4 Å². The molecule has 170 valence electrons. The number of hydrogen-bond acceptors (Lipinski definition) is 4. The number of fused-ring (bicyclic) bond motifs is 1. The van der Waals surface area contributed by atoms with Crippen LogP contribution in [0.15, 0.2) is 61.2 Å². The van der Waals surface area contributed by atoms with Crippen molar-refractivity contribution in [3.8, 4) is 5.69 Å². The molecular weight excluding hydrogens is 412 g/mol. The van der Waals surface area contributed by atoms with E-state index in [1.165, 1.54) is 0 Å². The molecule has 0 saturated carbocycles. The summed E-state index contributed by atoms with van der Waals surface area (Å²) < 4.78 is 1.80. The van der Waals surface area contributed by atoms with Crippen LogP contribution in [-0.2, 0) is 19.4 Å². The first-order chi connectivity index (χ1) is 15.8. The van der Waals surface area contributed by atoms with Crippen molar-refractivity contribution in [1.82, 2.24) is 15.1 Å². The summed E-state index contributed by atoms with van der Waals surface area (Å²) in [5, 5.41) is 7.72. The van der Waals surface area contributed by atoms with E-state index in [4.69, 9.17) is 10.8 Å². The van der Waals surface area contributed by atoms with Crippen LogP contribution in [0.3, 0.4) is 0 Å². The van der Waals surface area contributed by atoms with Crippen molar-refractivity contribution in [3.63, 3.8) is 0 Å². The number of benzene rings is 2. The highest BCUT2D eigenvalue weighted by Crippen LogP contribution is 2.38. The average molecular weight is 443 g/mol. The van der Waals surface area contributed by atoms with Gasteiger partial charge in [-0.3, -0.25) is 9.59 Å². The van der Waals surface area contributed by atoms with Gasteiger partial charge < -0.3 is 11.1 Å². The fourth-order valence-electron chi connectivity index (χ4n) is 4.41. The molecule has 0 unspecified atom stereocenters. The summed E-state index contributed by atoms with van der Waals surface area (Å²) in [5.41, 5.74) is 11.3. The lowest BCUT2D eigenvalue weighted by atomic mass is 9.75. The van der Waals surface area contributed by atoms with Gasteiger partial charge in [0.2, 0.25) is 0 Å². The Kier molecular flexibility index (Phi) is 6.18. The quantitative estimate of drug-likeness (QED) is 0.411. The smallest absolute Gasteiger partial charge is 0.251 e. The molecule has 0 fully saturated rings. The van der Waals surface area contributed by atoms with Gasteiger partial charge in [-0.1, -0.05) is 50.3 Å². The van der Waals surface area contributed by atoms with Crippen LogP contribution in [0.4, 0.5) is 5.69 Å². The molecule has 6 heteroatoms. The van der Waals surface area contributed by atoms with E-state index in [0.717, 1.165) is 35.4 Å². The van der Waals surface area contributed by atoms with Crippen molar-refractivity contribution >= 4 is 17.4 Å². The standard InChI is InChI=1S/C27H30N4O2/c1-4-5-11-21-25-23(15-27(2,3)16-24(25)32)31(30-21)22-13-12-19(14-20(22)28)26(33)29-17-18-9-7-6-8-10-18/h4,6-10,12-14H,1,5,11,15-17,28H2,2-3H3,(H,29,33). The summed E-state index contributed by atoms with van der Waals surface area (Å²) in [6.07, 6.45) is 4.47. The highest BCUT2D eigenvalue weighted by Gasteiger charge is 2.36. The van der Waals surface area contributed by atoms with E-state index in [1.54, 1.807) is 16.8 Å². The molecule has 2 aromatic carbocycles. The topological polar surface area (TPSA) is 90.0 Å². The van der Waals surface area contributed by atoms with Crippen molar-refractivity contribution in [2.45, 2.75) is 46.1 Å². The highest BCUT2D eigenvalue weighted by molar-refractivity contribution is 6.00. The molecule has 6 nitrogen and oxygen atoms in total. The van der Waals surface area contributed by atoms with Crippen LogP contribution in [0.2, 0.25) is 0 Å². The van der Waals surface area contributed by atoms with Gasteiger partial charge in [0.05, 0.1) is 28.3 Å². The number of anilines is 1. The predicted octanol–water partition coefficient (Wildman–Crippen LogP) is 4.66. The summed E-state index contributed by atoms with van der Waals surface area (Å²) in [6, 6.07) is 15.0. The number of allylic oxidation sites excluding steroid dienone is 1. The van der Waals surface area contributed by atoms with Crippen molar-refractivity contribution in [2.24, 2.45) is 5.41 Å². The number of amides is 1. The number of carbonyl (C=O) groups is 2. The van der Waals surface area contributed by atoms with E-state index in [2.05, 4.69) is 25.7 Å². The molecule has 3 N–H and O–H groups in total. The van der Waals surface area contributed by atoms with Gasteiger partial charge >= 0.3 is 0 Å². The van der Waals surface area contributed by atoms with E-state index >= 15 is 0 Å². The third kappa shape index (κ3) is 4.75. The Bertz CT molecular complexity index is 1210. The highest BCUT2D eigenvalue weighted by atomic mass is 16.1. The maximum atomic E-state index is 13.0. The number of hydrogen-bond donors (Lipinski definition) is 2. The first-order valence-corrected chi connectivity index (χ1v) is 11.3. The SMILES string of the molecule is C=CCCc1nn(-c2ccc(C(=O)NCc3ccccc3)cc2N)c2c1C(=O)CC(C)(C)C2. The van der Waals surface area contributed by atoms with E-state index < -0.39 is 0 Å². The fraction of sp³-hybridized carbons (Fsp3) is 0.296. The molecule has 1 aliphatic carbocycles. The number of Topliss-reactive ketones (excluding diaryl/α,β-unsaturated/α-hetero) is 1. The van der Waals surface area contributed by atoms with Crippen molar-refractivity contribution in [2.75, 3.05) is 5.73 Å². The maximum Gasteiger partial charge on any atom is 0.251 e. The minimum atomic E-state index is -0.192. The largest absolute Gasteiger partial charge is 0.397 e. The lowest BCUT2D eigenvalue weighted by Crippen LogP contribution is -2.28. The Hall–Kier alpha value is -3.67. The molecule has 0 atom stereocenters. The second-order valence-electron chi connectivity index (χ2n) is 9.39. The molecule has 0 spiro atoms. The molecule has 1 aromatic heterocycles. The zero-order valence-corrected chi connectivity index (χ0v) is 19.2. The normalized spacial score (nSPS) is 14.5. The van der Waals surface area contributed by atoms with Crippen molar-refractivity contribution in [1.29, 1.82) is 0 Å². The number of nitrogens with one attached hydrogen (secondary N) is 1. The Morgan fingerprint density at radius 3 is 2.67 bits per heavy atom. The minimum absolute atomic E-state index is 0.127. The van der Waals surface area contributed by atoms with Crippen LogP contribution in [0, 0.1) is 5.41 Å². The number of nitrogens with two attached hydrogens (primary N) is 1. The van der Waals surface area contributed by atoms with Crippen molar-refractivity contribution < 1.29 is 9.59 Å². The number of carbonyl (C=O) groups excluding carboxylic acids is 2. The number of rotatable bonds is 7. The number of aryl methyl sites for hydroxylation is 1. The summed E-state index contributed by atoms with van der Waals surface area (Å²) in [7, 11) is 0. The zero-order valence-electron chi connectivity index (χ0n) is 19.2. The van der Waals surface area contributed by atoms with Crippen LogP contribution >= 0.6 is 0 Å². The van der Waals surface area contributed by atoms with Gasteiger partial charge in [-0.2, -0.15) is 5.10 Å². The number of nitrogen functional groups attached to an aromatic ring is 1. The van der Waals surface area contributed by atoms with Gasteiger partial charge in [0.15, 0.2) is 5.78 Å². The van der Waals surface area contributed by atoms with Gasteiger partial charge in [-0.15, -0.1) is 6.58 Å². The maximum absolute atomic E-state index is 13.0. The van der Waals surface area contributed by atoms with Crippen molar-refractivity contribution in [3.05, 3.63) is 89.3 Å². The second-order valence-corrected chi connectivity index (χ2v) is 9.39. The summed E-state index contributed by atoms with van der Waals surface area (Å²) in [6.45, 7) is 8.43. The number of nitrogens with zero attached hydrogens (tertiary/aromatic N) is 2. The molecular formula is C27H30N4O2. The molecule has 0 radical (unpaired) electrons. The monoisotopic (exact) mass is 442 g/mol. The molecule has 1 amide bonds. The molecule has 1 aliphatic rings. The molecule has 3 aromatic rings. The van der Waals surface area contributed by atoms with Gasteiger partial charge in [-0.25, -0.2) is 4.68 Å². The average Bonchev–Trinajstić information content (AvgIpc) is 3.13. The van der Waals surface area contributed by atoms with Crippen LogP contribution in [0.25, 0.3) is 5.69 Å². The second kappa shape index (κ2) is 9.06. The lowest BCUT2D eigenvalue weighted by molar-refractivity contribution is 0.0908.